The number of halogens is 1. The number of thiophene rings is 1. The predicted octanol–water partition coefficient (Wildman–Crippen LogP) is 2.84. The third kappa shape index (κ3) is 4.08. The maximum absolute atomic E-state index is 12.3. The van der Waals surface area contributed by atoms with Crippen LogP contribution < -0.4 is 4.72 Å². The Balaban J connectivity index is 2.07. The third-order valence-corrected chi connectivity index (χ3v) is 5.74. The number of hydrogen-bond donors (Lipinski definition) is 1. The van der Waals surface area contributed by atoms with Crippen LogP contribution in [0, 0.1) is 0 Å². The van der Waals surface area contributed by atoms with Gasteiger partial charge < -0.3 is 9.30 Å². The van der Waals surface area contributed by atoms with Crippen molar-refractivity contribution >= 4 is 33.0 Å². The molecule has 1 N–H and O–H groups in total. The Morgan fingerprint density at radius 3 is 2.68 bits per heavy atom. The molecule has 0 radical (unpaired) electrons. The van der Waals surface area contributed by atoms with E-state index in [0.717, 1.165) is 4.88 Å². The first-order chi connectivity index (χ1) is 10.3. The van der Waals surface area contributed by atoms with E-state index in [4.69, 9.17) is 16.3 Å². The summed E-state index contributed by atoms with van der Waals surface area (Å²) in [7, 11) is -2.14. The highest BCUT2D eigenvalue weighted by atomic mass is 35.5. The summed E-state index contributed by atoms with van der Waals surface area (Å²) in [4.78, 5) is 4.81. The average molecular weight is 364 g/mol. The highest BCUT2D eigenvalue weighted by Crippen LogP contribution is 2.28. The number of imidazole rings is 1. The third-order valence-electron chi connectivity index (χ3n) is 3.10. The van der Waals surface area contributed by atoms with Crippen LogP contribution in [0.1, 0.15) is 30.9 Å². The van der Waals surface area contributed by atoms with Crippen molar-refractivity contribution in [2.45, 2.75) is 31.0 Å². The molecule has 122 valence electrons. The fraction of sp³-hybridized carbons (Fsp3) is 0.462. The van der Waals surface area contributed by atoms with Crippen LogP contribution in [0.15, 0.2) is 29.7 Å². The molecule has 0 aliphatic carbocycles. The first-order valence-electron chi connectivity index (χ1n) is 6.64. The van der Waals surface area contributed by atoms with Crippen molar-refractivity contribution in [3.8, 4) is 0 Å². The van der Waals surface area contributed by atoms with Crippen molar-refractivity contribution in [1.29, 1.82) is 0 Å². The van der Waals surface area contributed by atoms with Gasteiger partial charge in [0.2, 0.25) is 0 Å². The number of nitrogens with zero attached hydrogens (tertiary/aromatic N) is 2. The summed E-state index contributed by atoms with van der Waals surface area (Å²) in [5.74, 6) is 0. The zero-order valence-electron chi connectivity index (χ0n) is 12.5. The molecule has 0 saturated carbocycles. The second-order valence-electron chi connectivity index (χ2n) is 4.97. The minimum absolute atomic E-state index is 0.000245. The highest BCUT2D eigenvalue weighted by Gasteiger charge is 2.21. The number of aromatic nitrogens is 2. The smallest absolute Gasteiger partial charge is 0.259 e. The fourth-order valence-electron chi connectivity index (χ4n) is 1.80. The Morgan fingerprint density at radius 2 is 2.18 bits per heavy atom. The van der Waals surface area contributed by atoms with Crippen LogP contribution in [0.25, 0.3) is 0 Å². The van der Waals surface area contributed by atoms with Crippen LogP contribution in [0.2, 0.25) is 4.34 Å². The number of rotatable bonds is 7. The molecule has 0 amide bonds. The van der Waals surface area contributed by atoms with Crippen LogP contribution in [0.4, 0.5) is 0 Å². The molecule has 1 atom stereocenters. The molecule has 22 heavy (non-hydrogen) atoms. The van der Waals surface area contributed by atoms with E-state index < -0.39 is 10.0 Å². The van der Waals surface area contributed by atoms with Gasteiger partial charge in [-0.2, -0.15) is 0 Å². The van der Waals surface area contributed by atoms with Gasteiger partial charge in [0.05, 0.1) is 10.7 Å². The van der Waals surface area contributed by atoms with Crippen LogP contribution in [0.3, 0.4) is 0 Å². The molecule has 0 saturated heterocycles. The minimum atomic E-state index is -3.67. The summed E-state index contributed by atoms with van der Waals surface area (Å²) in [5, 5.41) is 0.000245. The molecule has 2 aromatic rings. The number of hydrogen-bond acceptors (Lipinski definition) is 5. The summed E-state index contributed by atoms with van der Waals surface area (Å²) in [6.45, 7) is 4.02. The Labute approximate surface area is 139 Å². The number of nitrogens with one attached hydrogen (secondary N) is 1. The second kappa shape index (κ2) is 7.10. The Morgan fingerprint density at radius 1 is 1.45 bits per heavy atom. The Kier molecular flexibility index (Phi) is 5.62. The van der Waals surface area contributed by atoms with Crippen molar-refractivity contribution in [3.63, 3.8) is 0 Å². The lowest BCUT2D eigenvalue weighted by Gasteiger charge is -2.14. The maximum Gasteiger partial charge on any atom is 0.259 e. The molecule has 2 heterocycles. The molecule has 0 aliphatic heterocycles. The summed E-state index contributed by atoms with van der Waals surface area (Å²) in [6, 6.07) is 3.73. The lowest BCUT2D eigenvalue weighted by Crippen LogP contribution is -2.29. The van der Waals surface area contributed by atoms with Gasteiger partial charge in [-0.05, 0) is 26.0 Å². The second-order valence-corrected chi connectivity index (χ2v) is 8.43. The minimum Gasteiger partial charge on any atom is -0.375 e. The van der Waals surface area contributed by atoms with Crippen molar-refractivity contribution in [2.75, 3.05) is 13.7 Å². The largest absolute Gasteiger partial charge is 0.375 e. The standard InChI is InChI=1S/C13H18ClN3O3S2/c1-9(2)17-7-13(15-8-17)22(18,19)16-6-10(20-3)11-4-5-12(14)21-11/h4-5,7-10,16H,6H2,1-3H3. The van der Waals surface area contributed by atoms with E-state index >= 15 is 0 Å². The zero-order chi connectivity index (χ0) is 16.3. The van der Waals surface area contributed by atoms with E-state index in [1.165, 1.54) is 31.0 Å². The summed E-state index contributed by atoms with van der Waals surface area (Å²) >= 11 is 7.25. The molecular weight excluding hydrogens is 346 g/mol. The van der Waals surface area contributed by atoms with Crippen LogP contribution in [-0.2, 0) is 14.8 Å². The molecule has 0 fully saturated rings. The molecule has 2 aromatic heterocycles. The van der Waals surface area contributed by atoms with Crippen molar-refractivity contribution < 1.29 is 13.2 Å². The maximum atomic E-state index is 12.3. The van der Waals surface area contributed by atoms with Gasteiger partial charge in [-0.25, -0.2) is 18.1 Å². The van der Waals surface area contributed by atoms with Crippen molar-refractivity contribution in [1.82, 2.24) is 14.3 Å². The Hall–Kier alpha value is -0.930. The van der Waals surface area contributed by atoms with Crippen LogP contribution >= 0.6 is 22.9 Å². The van der Waals surface area contributed by atoms with Gasteiger partial charge in [-0.1, -0.05) is 11.6 Å². The Bertz CT molecular complexity index is 724. The first kappa shape index (κ1) is 17.4. The molecule has 9 heteroatoms. The highest BCUT2D eigenvalue weighted by molar-refractivity contribution is 7.89. The van der Waals surface area contributed by atoms with Gasteiger partial charge in [0.1, 0.15) is 6.10 Å². The van der Waals surface area contributed by atoms with Gasteiger partial charge in [0.15, 0.2) is 5.03 Å². The number of sulfonamides is 1. The van der Waals surface area contributed by atoms with E-state index in [-0.39, 0.29) is 23.7 Å². The van der Waals surface area contributed by atoms with Crippen molar-refractivity contribution in [3.05, 3.63) is 33.9 Å². The SMILES string of the molecule is COC(CNS(=O)(=O)c1cn(C(C)C)cn1)c1ccc(Cl)s1. The van der Waals surface area contributed by atoms with Crippen LogP contribution in [-0.4, -0.2) is 31.6 Å². The van der Waals surface area contributed by atoms with Gasteiger partial charge in [0, 0.05) is 30.8 Å². The van der Waals surface area contributed by atoms with Crippen molar-refractivity contribution in [2.24, 2.45) is 0 Å². The lowest BCUT2D eigenvalue weighted by atomic mass is 10.3. The summed E-state index contributed by atoms with van der Waals surface area (Å²) < 4.78 is 34.7. The molecule has 2 rings (SSSR count). The predicted molar refractivity (Wildman–Crippen MR) is 86.9 cm³/mol. The van der Waals surface area contributed by atoms with Gasteiger partial charge in [-0.15, -0.1) is 11.3 Å². The summed E-state index contributed by atoms with van der Waals surface area (Å²) in [5.41, 5.74) is 0. The van der Waals surface area contributed by atoms with E-state index in [1.54, 1.807) is 10.6 Å². The number of ether oxygens (including phenoxy) is 1. The molecule has 0 aromatic carbocycles. The number of methoxy groups -OCH3 is 1. The van der Waals surface area contributed by atoms with Gasteiger partial charge >= 0.3 is 0 Å². The van der Waals surface area contributed by atoms with E-state index in [2.05, 4.69) is 9.71 Å². The van der Waals surface area contributed by atoms with E-state index in [9.17, 15) is 8.42 Å². The normalized spacial score (nSPS) is 13.7. The quantitative estimate of drug-likeness (QED) is 0.820. The fourth-order valence-corrected chi connectivity index (χ4v) is 3.90. The molecule has 0 spiro atoms. The molecule has 6 nitrogen and oxygen atoms in total. The van der Waals surface area contributed by atoms with Gasteiger partial charge in [0.25, 0.3) is 10.0 Å². The molecule has 0 aliphatic rings. The molecule has 1 unspecified atom stereocenters. The average Bonchev–Trinajstić information content (AvgIpc) is 3.09. The summed E-state index contributed by atoms with van der Waals surface area (Å²) in [6.07, 6.45) is 2.63. The zero-order valence-corrected chi connectivity index (χ0v) is 14.9. The first-order valence-corrected chi connectivity index (χ1v) is 9.32. The lowest BCUT2D eigenvalue weighted by molar-refractivity contribution is 0.110. The van der Waals surface area contributed by atoms with E-state index in [0.29, 0.717) is 4.34 Å². The van der Waals surface area contributed by atoms with E-state index in [1.807, 2.05) is 19.9 Å². The monoisotopic (exact) mass is 363 g/mol. The molecular formula is C13H18ClN3O3S2. The van der Waals surface area contributed by atoms with Gasteiger partial charge in [-0.3, -0.25) is 0 Å². The molecule has 0 bridgehead atoms. The van der Waals surface area contributed by atoms with Crippen LogP contribution in [0.5, 0.6) is 0 Å². The topological polar surface area (TPSA) is 73.2 Å².